The molecule has 0 spiro atoms. The maximum absolute atomic E-state index is 12.9. The van der Waals surface area contributed by atoms with Crippen LogP contribution in [0.2, 0.25) is 0 Å². The first kappa shape index (κ1) is 22.1. The second kappa shape index (κ2) is 9.17. The van der Waals surface area contributed by atoms with E-state index in [4.69, 9.17) is 26.4 Å². The van der Waals surface area contributed by atoms with E-state index >= 15 is 0 Å². The molecule has 0 aliphatic heterocycles. The van der Waals surface area contributed by atoms with E-state index in [-0.39, 0.29) is 16.2 Å². The number of nitrogens with zero attached hydrogens (tertiary/aromatic N) is 1. The summed E-state index contributed by atoms with van der Waals surface area (Å²) in [5.74, 6) is 0.936. The molecular weight excluding hydrogens is 442 g/mol. The lowest BCUT2D eigenvalue weighted by Crippen LogP contribution is -2.20. The van der Waals surface area contributed by atoms with Crippen molar-refractivity contribution in [2.24, 2.45) is 0 Å². The number of amides is 1. The standard InChI is InChI=1S/C24H21N3O5S/c1-30-19-12-15(13-20(31-2)21(19)32-3)25-22(28)14-8-10-16(11-9-14)27-23(29)17-6-4-5-7-18(17)26-24(27)33/h4-13H,1-3H3,(H,25,28)(H,26,33). The number of anilines is 1. The van der Waals surface area contributed by atoms with Crippen LogP contribution in [0.5, 0.6) is 17.2 Å². The highest BCUT2D eigenvalue weighted by molar-refractivity contribution is 7.71. The second-order valence-electron chi connectivity index (χ2n) is 7.03. The summed E-state index contributed by atoms with van der Waals surface area (Å²) in [7, 11) is 4.51. The number of ether oxygens (including phenoxy) is 3. The van der Waals surface area contributed by atoms with Crippen molar-refractivity contribution >= 4 is 34.7 Å². The summed E-state index contributed by atoms with van der Waals surface area (Å²) in [5, 5.41) is 3.34. The van der Waals surface area contributed by atoms with Crippen LogP contribution in [0.3, 0.4) is 0 Å². The van der Waals surface area contributed by atoms with Gasteiger partial charge in [-0.1, -0.05) is 12.1 Å². The summed E-state index contributed by atoms with van der Waals surface area (Å²) in [5.41, 5.74) is 1.87. The Balaban J connectivity index is 1.64. The van der Waals surface area contributed by atoms with Gasteiger partial charge in [0.1, 0.15) is 0 Å². The number of aromatic amines is 1. The van der Waals surface area contributed by atoms with E-state index in [1.807, 2.05) is 6.07 Å². The van der Waals surface area contributed by atoms with Gasteiger partial charge in [0.2, 0.25) is 5.75 Å². The molecule has 33 heavy (non-hydrogen) atoms. The minimum absolute atomic E-state index is 0.232. The number of fused-ring (bicyclic) bond motifs is 1. The summed E-state index contributed by atoms with van der Waals surface area (Å²) in [6.45, 7) is 0. The molecule has 2 N–H and O–H groups in total. The third-order valence-electron chi connectivity index (χ3n) is 5.12. The molecule has 1 amide bonds. The van der Waals surface area contributed by atoms with E-state index in [0.29, 0.717) is 45.1 Å². The SMILES string of the molecule is COc1cc(NC(=O)c2ccc(-n3c(=S)[nH]c4ccccc4c3=O)cc2)cc(OC)c1OC. The molecule has 0 fully saturated rings. The van der Waals surface area contributed by atoms with Gasteiger partial charge >= 0.3 is 0 Å². The van der Waals surface area contributed by atoms with Crippen LogP contribution in [0.15, 0.2) is 65.5 Å². The van der Waals surface area contributed by atoms with E-state index in [2.05, 4.69) is 10.3 Å². The minimum Gasteiger partial charge on any atom is -0.493 e. The molecule has 168 valence electrons. The third kappa shape index (κ3) is 4.18. The number of aromatic nitrogens is 2. The minimum atomic E-state index is -0.341. The van der Waals surface area contributed by atoms with Crippen LogP contribution in [0.4, 0.5) is 5.69 Å². The Morgan fingerprint density at radius 3 is 2.18 bits per heavy atom. The van der Waals surface area contributed by atoms with E-state index in [9.17, 15) is 9.59 Å². The number of carbonyl (C=O) groups is 1. The van der Waals surface area contributed by atoms with Crippen molar-refractivity contribution < 1.29 is 19.0 Å². The Morgan fingerprint density at radius 1 is 0.939 bits per heavy atom. The highest BCUT2D eigenvalue weighted by Crippen LogP contribution is 2.40. The van der Waals surface area contributed by atoms with Crippen LogP contribution in [0.25, 0.3) is 16.6 Å². The lowest BCUT2D eigenvalue weighted by Gasteiger charge is -2.15. The van der Waals surface area contributed by atoms with Crippen molar-refractivity contribution in [1.82, 2.24) is 9.55 Å². The molecule has 9 heteroatoms. The van der Waals surface area contributed by atoms with Gasteiger partial charge < -0.3 is 24.5 Å². The number of nitrogens with one attached hydrogen (secondary N) is 2. The molecule has 4 aromatic rings. The van der Waals surface area contributed by atoms with Crippen LogP contribution >= 0.6 is 12.2 Å². The maximum atomic E-state index is 12.9. The van der Waals surface area contributed by atoms with Gasteiger partial charge in [-0.15, -0.1) is 0 Å². The number of rotatable bonds is 6. The van der Waals surface area contributed by atoms with Gasteiger partial charge in [-0.05, 0) is 48.6 Å². The molecule has 1 heterocycles. The summed E-state index contributed by atoms with van der Waals surface area (Å²) in [4.78, 5) is 28.8. The second-order valence-corrected chi connectivity index (χ2v) is 7.42. The molecular formula is C24H21N3O5S. The predicted octanol–water partition coefficient (Wildman–Crippen LogP) is 4.33. The molecule has 0 aliphatic rings. The Hall–Kier alpha value is -4.11. The molecule has 0 aliphatic carbocycles. The van der Waals surface area contributed by atoms with Gasteiger partial charge in [0, 0.05) is 23.4 Å². The number of H-pyrrole nitrogens is 1. The van der Waals surface area contributed by atoms with Crippen LogP contribution in [-0.2, 0) is 0 Å². The number of benzene rings is 3. The molecule has 4 rings (SSSR count). The zero-order valence-corrected chi connectivity index (χ0v) is 19.0. The van der Waals surface area contributed by atoms with Crippen molar-refractivity contribution in [2.45, 2.75) is 0 Å². The Kier molecular flexibility index (Phi) is 6.14. The highest BCUT2D eigenvalue weighted by Gasteiger charge is 2.15. The monoisotopic (exact) mass is 463 g/mol. The highest BCUT2D eigenvalue weighted by atomic mass is 32.1. The number of hydrogen-bond donors (Lipinski definition) is 2. The summed E-state index contributed by atoms with van der Waals surface area (Å²) in [6.07, 6.45) is 0. The Bertz CT molecular complexity index is 1430. The summed E-state index contributed by atoms with van der Waals surface area (Å²) < 4.78 is 17.6. The third-order valence-corrected chi connectivity index (χ3v) is 5.40. The first-order chi connectivity index (χ1) is 16.0. The normalized spacial score (nSPS) is 10.6. The topological polar surface area (TPSA) is 94.6 Å². The average molecular weight is 464 g/mol. The van der Waals surface area contributed by atoms with Gasteiger partial charge in [-0.3, -0.25) is 14.2 Å². The molecule has 0 saturated carbocycles. The number of methoxy groups -OCH3 is 3. The largest absolute Gasteiger partial charge is 0.493 e. The average Bonchev–Trinajstić information content (AvgIpc) is 2.83. The smallest absolute Gasteiger partial charge is 0.266 e. The first-order valence-electron chi connectivity index (χ1n) is 9.92. The van der Waals surface area contributed by atoms with Gasteiger partial charge in [0.25, 0.3) is 11.5 Å². The lowest BCUT2D eigenvalue weighted by molar-refractivity contribution is 0.102. The van der Waals surface area contributed by atoms with Crippen molar-refractivity contribution in [3.05, 3.63) is 81.4 Å². The van der Waals surface area contributed by atoms with E-state index in [0.717, 1.165) is 0 Å². The fourth-order valence-electron chi connectivity index (χ4n) is 3.52. The molecule has 0 atom stereocenters. The maximum Gasteiger partial charge on any atom is 0.266 e. The quantitative estimate of drug-likeness (QED) is 0.414. The van der Waals surface area contributed by atoms with Crippen molar-refractivity contribution in [3.8, 4) is 22.9 Å². The van der Waals surface area contributed by atoms with Crippen LogP contribution in [-0.4, -0.2) is 36.8 Å². The van der Waals surface area contributed by atoms with E-state index in [1.165, 1.54) is 25.9 Å². The summed E-state index contributed by atoms with van der Waals surface area (Å²) >= 11 is 5.38. The van der Waals surface area contributed by atoms with Gasteiger partial charge in [-0.2, -0.15) is 0 Å². The van der Waals surface area contributed by atoms with Crippen molar-refractivity contribution in [3.63, 3.8) is 0 Å². The molecule has 3 aromatic carbocycles. The molecule has 1 aromatic heterocycles. The van der Waals surface area contributed by atoms with Crippen LogP contribution in [0.1, 0.15) is 10.4 Å². The fourth-order valence-corrected chi connectivity index (χ4v) is 3.81. The van der Waals surface area contributed by atoms with E-state index in [1.54, 1.807) is 54.6 Å². The zero-order valence-electron chi connectivity index (χ0n) is 18.2. The van der Waals surface area contributed by atoms with Gasteiger partial charge in [0.15, 0.2) is 16.3 Å². The van der Waals surface area contributed by atoms with Crippen LogP contribution in [0, 0.1) is 4.77 Å². The number of para-hydroxylation sites is 1. The lowest BCUT2D eigenvalue weighted by atomic mass is 10.1. The zero-order chi connectivity index (χ0) is 23.5. The first-order valence-corrected chi connectivity index (χ1v) is 10.3. The predicted molar refractivity (Wildman–Crippen MR) is 129 cm³/mol. The van der Waals surface area contributed by atoms with Crippen molar-refractivity contribution in [2.75, 3.05) is 26.6 Å². The van der Waals surface area contributed by atoms with E-state index < -0.39 is 0 Å². The van der Waals surface area contributed by atoms with Crippen LogP contribution < -0.4 is 25.1 Å². The molecule has 0 saturated heterocycles. The fraction of sp³-hybridized carbons (Fsp3) is 0.125. The van der Waals surface area contributed by atoms with Gasteiger partial charge in [-0.25, -0.2) is 0 Å². The molecule has 8 nitrogen and oxygen atoms in total. The number of hydrogen-bond acceptors (Lipinski definition) is 6. The summed E-state index contributed by atoms with van der Waals surface area (Å²) in [6, 6.07) is 17.0. The number of carbonyl (C=O) groups excluding carboxylic acids is 1. The Labute approximate surface area is 194 Å². The molecule has 0 bridgehead atoms. The molecule has 0 unspecified atom stereocenters. The molecule has 0 radical (unpaired) electrons. The van der Waals surface area contributed by atoms with Crippen molar-refractivity contribution in [1.29, 1.82) is 0 Å². The Morgan fingerprint density at radius 2 is 1.58 bits per heavy atom. The van der Waals surface area contributed by atoms with Gasteiger partial charge in [0.05, 0.1) is 37.9 Å².